The minimum atomic E-state index is -4.50. The Labute approximate surface area is 269 Å². The van der Waals surface area contributed by atoms with E-state index in [0.717, 1.165) is 32.1 Å². The molecule has 0 aromatic carbocycles. The van der Waals surface area contributed by atoms with Crippen LogP contribution in [0.25, 0.3) is 0 Å². The molecule has 0 rings (SSSR count). The fourth-order valence-corrected chi connectivity index (χ4v) is 5.79. The maximum Gasteiger partial charge on any atom is 0.472 e. The summed E-state index contributed by atoms with van der Waals surface area (Å²) in [5, 5.41) is 18.2. The summed E-state index contributed by atoms with van der Waals surface area (Å²) >= 11 is 0. The van der Waals surface area contributed by atoms with Crippen molar-refractivity contribution in [3.8, 4) is 0 Å². The maximum atomic E-state index is 12.5. The third-order valence-electron chi connectivity index (χ3n) is 7.79. The Balaban J connectivity index is 4.23. The van der Waals surface area contributed by atoms with Crippen LogP contribution in [0.5, 0.6) is 0 Å². The molecule has 264 valence electrons. The summed E-state index contributed by atoms with van der Waals surface area (Å²) in [4.78, 5) is 22.4. The van der Waals surface area contributed by atoms with Crippen molar-refractivity contribution in [2.75, 3.05) is 33.0 Å². The number of phosphoric ester groups is 1. The van der Waals surface area contributed by atoms with Crippen molar-refractivity contribution in [1.29, 1.82) is 0 Å². The number of carbonyl (C=O) groups excluding carboxylic acids is 1. The van der Waals surface area contributed by atoms with E-state index in [-0.39, 0.29) is 25.6 Å². The van der Waals surface area contributed by atoms with Crippen LogP contribution in [0.1, 0.15) is 168 Å². The van der Waals surface area contributed by atoms with Crippen LogP contribution < -0.4 is 0 Å². The molecule has 0 amide bonds. The van der Waals surface area contributed by atoms with Gasteiger partial charge in [-0.1, -0.05) is 149 Å². The predicted molar refractivity (Wildman–Crippen MR) is 178 cm³/mol. The van der Waals surface area contributed by atoms with Crippen LogP contribution in [0.2, 0.25) is 0 Å². The topological polar surface area (TPSA) is 132 Å². The van der Waals surface area contributed by atoms with Gasteiger partial charge >= 0.3 is 13.8 Å². The standard InChI is InChI=1S/C34H69O9P/c1-3-5-7-9-11-13-15-17-19-21-23-25-27-40-30-33(31-42-44(38,39)41-29-32(36)28-35)43-34(37)26-24-22-20-18-16-14-12-10-8-6-4-2/h32-33,35-36H,3-31H2,1-2H3,(H,38,39). The van der Waals surface area contributed by atoms with E-state index < -0.39 is 33.2 Å². The number of aliphatic hydroxyl groups is 2. The van der Waals surface area contributed by atoms with Gasteiger partial charge in [0.25, 0.3) is 0 Å². The second-order valence-corrected chi connectivity index (χ2v) is 13.7. The molecule has 0 aromatic rings. The molecule has 10 heteroatoms. The number of carbonyl (C=O) groups is 1. The van der Waals surface area contributed by atoms with Crippen LogP contribution in [0, 0.1) is 0 Å². The zero-order valence-electron chi connectivity index (χ0n) is 28.4. The third kappa shape index (κ3) is 31.4. The highest BCUT2D eigenvalue weighted by atomic mass is 31.2. The van der Waals surface area contributed by atoms with Crippen LogP contribution >= 0.6 is 7.82 Å². The lowest BCUT2D eigenvalue weighted by molar-refractivity contribution is -0.154. The van der Waals surface area contributed by atoms with Crippen molar-refractivity contribution in [2.24, 2.45) is 0 Å². The van der Waals surface area contributed by atoms with Crippen molar-refractivity contribution < 1.29 is 43.0 Å². The maximum absolute atomic E-state index is 12.5. The molecule has 0 aromatic heterocycles. The minimum absolute atomic E-state index is 0.0568. The molecule has 0 saturated heterocycles. The fraction of sp³-hybridized carbons (Fsp3) is 0.971. The van der Waals surface area contributed by atoms with E-state index in [1.165, 1.54) is 116 Å². The smallest absolute Gasteiger partial charge is 0.457 e. The third-order valence-corrected chi connectivity index (χ3v) is 8.74. The Morgan fingerprint density at radius 2 is 1.02 bits per heavy atom. The molecule has 0 radical (unpaired) electrons. The predicted octanol–water partition coefficient (Wildman–Crippen LogP) is 8.80. The molecule has 3 atom stereocenters. The summed E-state index contributed by atoms with van der Waals surface area (Å²) < 4.78 is 33.1. The van der Waals surface area contributed by atoms with Gasteiger partial charge in [-0.3, -0.25) is 13.8 Å². The van der Waals surface area contributed by atoms with Crippen LogP contribution in [0.15, 0.2) is 0 Å². The van der Waals surface area contributed by atoms with Crippen LogP contribution in [0.3, 0.4) is 0 Å². The van der Waals surface area contributed by atoms with Gasteiger partial charge in [-0.05, 0) is 12.8 Å². The minimum Gasteiger partial charge on any atom is -0.457 e. The van der Waals surface area contributed by atoms with E-state index in [9.17, 15) is 19.4 Å². The van der Waals surface area contributed by atoms with E-state index >= 15 is 0 Å². The molecule has 0 heterocycles. The average Bonchev–Trinajstić information content (AvgIpc) is 3.01. The first-order valence-electron chi connectivity index (χ1n) is 18.0. The number of aliphatic hydroxyl groups excluding tert-OH is 2. The summed E-state index contributed by atoms with van der Waals surface area (Å²) in [6.45, 7) is 3.52. The largest absolute Gasteiger partial charge is 0.472 e. The van der Waals surface area contributed by atoms with Gasteiger partial charge in [0.05, 0.1) is 26.4 Å². The lowest BCUT2D eigenvalue weighted by Crippen LogP contribution is -2.29. The van der Waals surface area contributed by atoms with E-state index in [0.29, 0.717) is 6.61 Å². The Bertz CT molecular complexity index is 665. The zero-order chi connectivity index (χ0) is 32.6. The average molecular weight is 653 g/mol. The molecular formula is C34H69O9P. The molecule has 0 fully saturated rings. The van der Waals surface area contributed by atoms with Gasteiger partial charge in [-0.2, -0.15) is 0 Å². The van der Waals surface area contributed by atoms with Gasteiger partial charge < -0.3 is 24.6 Å². The second kappa shape index (κ2) is 32.4. The highest BCUT2D eigenvalue weighted by Gasteiger charge is 2.26. The van der Waals surface area contributed by atoms with Gasteiger partial charge in [0.1, 0.15) is 12.2 Å². The first kappa shape index (κ1) is 43.5. The monoisotopic (exact) mass is 652 g/mol. The van der Waals surface area contributed by atoms with Crippen LogP contribution in [-0.2, 0) is 27.9 Å². The molecule has 3 unspecified atom stereocenters. The van der Waals surface area contributed by atoms with Gasteiger partial charge in [0.15, 0.2) is 0 Å². The summed E-state index contributed by atoms with van der Waals surface area (Å²) in [5.74, 6) is -0.382. The SMILES string of the molecule is CCCCCCCCCCCCCCOCC(COP(=O)(O)OCC(O)CO)OC(=O)CCCCCCCCCCCCC. The van der Waals surface area contributed by atoms with Crippen molar-refractivity contribution in [1.82, 2.24) is 0 Å². The zero-order valence-corrected chi connectivity index (χ0v) is 29.3. The Morgan fingerprint density at radius 3 is 1.48 bits per heavy atom. The fourth-order valence-electron chi connectivity index (χ4n) is 5.00. The Kier molecular flexibility index (Phi) is 32.0. The molecular weight excluding hydrogens is 583 g/mol. The molecule has 9 nitrogen and oxygen atoms in total. The molecule has 3 N–H and O–H groups in total. The number of unbranched alkanes of at least 4 members (excludes halogenated alkanes) is 21. The second-order valence-electron chi connectivity index (χ2n) is 12.3. The first-order chi connectivity index (χ1) is 21.3. The summed E-state index contributed by atoms with van der Waals surface area (Å²) in [6, 6.07) is 0. The summed E-state index contributed by atoms with van der Waals surface area (Å²) in [5.41, 5.74) is 0. The lowest BCUT2D eigenvalue weighted by Gasteiger charge is -2.20. The Morgan fingerprint density at radius 1 is 0.614 bits per heavy atom. The van der Waals surface area contributed by atoms with Crippen molar-refractivity contribution in [3.05, 3.63) is 0 Å². The van der Waals surface area contributed by atoms with Gasteiger partial charge in [-0.25, -0.2) is 4.57 Å². The molecule has 0 spiro atoms. The normalized spacial score (nSPS) is 14.4. The van der Waals surface area contributed by atoms with Crippen molar-refractivity contribution in [3.63, 3.8) is 0 Å². The molecule has 0 saturated carbocycles. The van der Waals surface area contributed by atoms with Crippen LogP contribution in [0.4, 0.5) is 0 Å². The quantitative estimate of drug-likeness (QED) is 0.0349. The molecule has 0 aliphatic heterocycles. The van der Waals surface area contributed by atoms with E-state index in [4.69, 9.17) is 23.6 Å². The summed E-state index contributed by atoms with van der Waals surface area (Å²) in [6.07, 6.45) is 26.3. The van der Waals surface area contributed by atoms with E-state index in [1.807, 2.05) is 0 Å². The molecule has 0 aliphatic carbocycles. The molecule has 44 heavy (non-hydrogen) atoms. The van der Waals surface area contributed by atoms with E-state index in [2.05, 4.69) is 13.8 Å². The number of ether oxygens (including phenoxy) is 2. The van der Waals surface area contributed by atoms with Crippen LogP contribution in [-0.4, -0.2) is 66.3 Å². The van der Waals surface area contributed by atoms with Gasteiger partial charge in [0.2, 0.25) is 0 Å². The first-order valence-corrected chi connectivity index (χ1v) is 19.5. The summed E-state index contributed by atoms with van der Waals surface area (Å²) in [7, 11) is -4.50. The van der Waals surface area contributed by atoms with Gasteiger partial charge in [-0.15, -0.1) is 0 Å². The number of phosphoric acid groups is 1. The number of rotatable bonds is 35. The highest BCUT2D eigenvalue weighted by Crippen LogP contribution is 2.43. The van der Waals surface area contributed by atoms with E-state index in [1.54, 1.807) is 0 Å². The lowest BCUT2D eigenvalue weighted by atomic mass is 10.1. The highest BCUT2D eigenvalue weighted by molar-refractivity contribution is 7.47. The molecule has 0 bridgehead atoms. The van der Waals surface area contributed by atoms with Crippen molar-refractivity contribution in [2.45, 2.75) is 180 Å². The Hall–Kier alpha value is -0.540. The number of hydrogen-bond acceptors (Lipinski definition) is 8. The number of esters is 1. The van der Waals surface area contributed by atoms with Gasteiger partial charge in [0, 0.05) is 13.0 Å². The van der Waals surface area contributed by atoms with Crippen molar-refractivity contribution >= 4 is 13.8 Å². The molecule has 0 aliphatic rings. The number of hydrogen-bond donors (Lipinski definition) is 3.